The molecule has 0 aromatic carbocycles. The van der Waals surface area contributed by atoms with Crippen LogP contribution in [0.25, 0.3) is 16.2 Å². The van der Waals surface area contributed by atoms with Crippen LogP contribution in [-0.4, -0.2) is 61.9 Å². The van der Waals surface area contributed by atoms with Crippen molar-refractivity contribution in [2.75, 3.05) is 18.0 Å². The molecule has 11 heteroatoms. The lowest BCUT2D eigenvalue weighted by Gasteiger charge is -2.40. The Labute approximate surface area is 180 Å². The van der Waals surface area contributed by atoms with Gasteiger partial charge in [-0.2, -0.15) is 0 Å². The first kappa shape index (κ1) is 20.9. The highest BCUT2D eigenvalue weighted by molar-refractivity contribution is 7.12. The second kappa shape index (κ2) is 8.08. The normalized spacial score (nSPS) is 15.0. The van der Waals surface area contributed by atoms with Crippen LogP contribution in [0.5, 0.6) is 0 Å². The number of carbonyl (C=O) groups excluding carboxylic acids is 1. The molecular formula is C20H21N5O5S. The minimum absolute atomic E-state index is 0.0514. The van der Waals surface area contributed by atoms with Crippen molar-refractivity contribution in [1.82, 2.24) is 19.9 Å². The van der Waals surface area contributed by atoms with Gasteiger partial charge in [-0.15, -0.1) is 11.3 Å². The van der Waals surface area contributed by atoms with Gasteiger partial charge in [0, 0.05) is 30.9 Å². The summed E-state index contributed by atoms with van der Waals surface area (Å²) in [6.07, 6.45) is 2.21. The Morgan fingerprint density at radius 3 is 2.74 bits per heavy atom. The number of carboxylic acids is 1. The van der Waals surface area contributed by atoms with Gasteiger partial charge in [-0.1, -0.05) is 0 Å². The van der Waals surface area contributed by atoms with Crippen molar-refractivity contribution in [2.24, 2.45) is 0 Å². The summed E-state index contributed by atoms with van der Waals surface area (Å²) in [5.41, 5.74) is 0.0189. The third kappa shape index (κ3) is 4.01. The number of thiazole rings is 1. The van der Waals surface area contributed by atoms with Gasteiger partial charge in [-0.05, 0) is 25.5 Å². The molecule has 4 heterocycles. The quantitative estimate of drug-likeness (QED) is 0.511. The van der Waals surface area contributed by atoms with Gasteiger partial charge in [0.1, 0.15) is 11.4 Å². The summed E-state index contributed by atoms with van der Waals surface area (Å²) in [6.45, 7) is 4.39. The van der Waals surface area contributed by atoms with Gasteiger partial charge >= 0.3 is 5.97 Å². The van der Waals surface area contributed by atoms with E-state index in [2.05, 4.69) is 15.3 Å². The lowest BCUT2D eigenvalue weighted by atomic mass is 10.1. The summed E-state index contributed by atoms with van der Waals surface area (Å²) in [5.74, 6) is -0.890. The largest absolute Gasteiger partial charge is 0.477 e. The third-order valence-electron chi connectivity index (χ3n) is 5.05. The number of carboxylic acid groups (broad SMARTS) is 1. The number of carbonyl (C=O) groups is 2. The SMILES string of the molecule is Cc1cc(N2CC(NC(=O)CC(C)O)C2)nc2c1c(=O)c(C(=O)O)cn2-c1nccs1. The Morgan fingerprint density at radius 2 is 2.13 bits per heavy atom. The highest BCUT2D eigenvalue weighted by atomic mass is 32.1. The maximum atomic E-state index is 12.8. The second-order valence-electron chi connectivity index (χ2n) is 7.58. The maximum Gasteiger partial charge on any atom is 0.341 e. The Hall–Kier alpha value is -3.31. The Morgan fingerprint density at radius 1 is 1.39 bits per heavy atom. The molecule has 0 bridgehead atoms. The van der Waals surface area contributed by atoms with Gasteiger partial charge in [-0.25, -0.2) is 14.8 Å². The molecule has 3 aromatic rings. The van der Waals surface area contributed by atoms with Crippen LogP contribution in [0.2, 0.25) is 0 Å². The number of aryl methyl sites for hydroxylation is 1. The van der Waals surface area contributed by atoms with Crippen LogP contribution in [-0.2, 0) is 4.79 Å². The van der Waals surface area contributed by atoms with Crippen molar-refractivity contribution >= 4 is 40.1 Å². The first-order valence-electron chi connectivity index (χ1n) is 9.67. The molecule has 162 valence electrons. The molecule has 0 saturated carbocycles. The monoisotopic (exact) mass is 443 g/mol. The standard InChI is InChI=1S/C20H21N5O5S/c1-10-5-14(24-7-12(8-24)22-15(27)6-11(2)26)23-18-16(10)17(28)13(19(29)30)9-25(18)20-21-3-4-31-20/h3-5,9,11-12,26H,6-8H2,1-2H3,(H,22,27)(H,29,30). The van der Waals surface area contributed by atoms with Gasteiger partial charge in [0.05, 0.1) is 24.0 Å². The topological polar surface area (TPSA) is 138 Å². The molecule has 1 atom stereocenters. The maximum absolute atomic E-state index is 12.8. The fourth-order valence-corrected chi connectivity index (χ4v) is 4.20. The Bertz CT molecular complexity index is 1210. The van der Waals surface area contributed by atoms with Crippen LogP contribution < -0.4 is 15.6 Å². The van der Waals surface area contributed by atoms with Gasteiger partial charge < -0.3 is 20.4 Å². The number of anilines is 1. The smallest absolute Gasteiger partial charge is 0.341 e. The average molecular weight is 443 g/mol. The molecule has 0 aliphatic carbocycles. The highest BCUT2D eigenvalue weighted by Crippen LogP contribution is 2.26. The molecule has 1 amide bonds. The number of pyridine rings is 2. The molecule has 0 radical (unpaired) electrons. The number of aromatic nitrogens is 3. The predicted molar refractivity (Wildman–Crippen MR) is 115 cm³/mol. The molecule has 1 saturated heterocycles. The molecular weight excluding hydrogens is 422 g/mol. The number of amides is 1. The third-order valence-corrected chi connectivity index (χ3v) is 5.82. The summed E-state index contributed by atoms with van der Waals surface area (Å²) < 4.78 is 1.53. The lowest BCUT2D eigenvalue weighted by Crippen LogP contribution is -2.60. The number of hydrogen-bond acceptors (Lipinski definition) is 8. The van der Waals surface area contributed by atoms with Crippen molar-refractivity contribution in [3.05, 3.63) is 45.2 Å². The molecule has 1 fully saturated rings. The zero-order valence-electron chi connectivity index (χ0n) is 16.9. The molecule has 31 heavy (non-hydrogen) atoms. The fraction of sp³-hybridized carbons (Fsp3) is 0.350. The van der Waals surface area contributed by atoms with Crippen LogP contribution in [0.4, 0.5) is 5.82 Å². The van der Waals surface area contributed by atoms with Gasteiger partial charge in [-0.3, -0.25) is 14.2 Å². The summed E-state index contributed by atoms with van der Waals surface area (Å²) in [4.78, 5) is 47.1. The minimum Gasteiger partial charge on any atom is -0.477 e. The van der Waals surface area contributed by atoms with Gasteiger partial charge in [0.25, 0.3) is 0 Å². The molecule has 3 N–H and O–H groups in total. The van der Waals surface area contributed by atoms with Gasteiger partial charge in [0.15, 0.2) is 10.8 Å². The summed E-state index contributed by atoms with van der Waals surface area (Å²) in [6, 6.07) is 1.69. The summed E-state index contributed by atoms with van der Waals surface area (Å²) in [5, 5.41) is 24.2. The van der Waals surface area contributed by atoms with Crippen molar-refractivity contribution in [1.29, 1.82) is 0 Å². The van der Waals surface area contributed by atoms with Crippen LogP contribution in [0, 0.1) is 6.92 Å². The Kier molecular flexibility index (Phi) is 5.46. The van der Waals surface area contributed by atoms with Crippen LogP contribution in [0.1, 0.15) is 29.3 Å². The molecule has 3 aromatic heterocycles. The van der Waals surface area contributed by atoms with Crippen molar-refractivity contribution in [3.8, 4) is 5.13 Å². The zero-order valence-corrected chi connectivity index (χ0v) is 17.7. The van der Waals surface area contributed by atoms with E-state index in [1.807, 2.05) is 4.90 Å². The van der Waals surface area contributed by atoms with E-state index in [0.29, 0.717) is 35.2 Å². The predicted octanol–water partition coefficient (Wildman–Crippen LogP) is 0.925. The Balaban J connectivity index is 1.70. The van der Waals surface area contributed by atoms with E-state index in [9.17, 15) is 24.6 Å². The summed E-state index contributed by atoms with van der Waals surface area (Å²) >= 11 is 1.30. The lowest BCUT2D eigenvalue weighted by molar-refractivity contribution is -0.123. The molecule has 4 rings (SSSR count). The zero-order chi connectivity index (χ0) is 22.3. The minimum atomic E-state index is -1.31. The first-order chi connectivity index (χ1) is 14.7. The number of rotatable bonds is 6. The number of nitrogens with one attached hydrogen (secondary N) is 1. The van der Waals surface area contributed by atoms with E-state index >= 15 is 0 Å². The first-order valence-corrected chi connectivity index (χ1v) is 10.5. The molecule has 10 nitrogen and oxygen atoms in total. The van der Waals surface area contributed by atoms with E-state index in [1.54, 1.807) is 31.5 Å². The van der Waals surface area contributed by atoms with E-state index in [0.717, 1.165) is 0 Å². The van der Waals surface area contributed by atoms with Crippen molar-refractivity contribution in [2.45, 2.75) is 32.4 Å². The number of aromatic carboxylic acids is 1. The highest BCUT2D eigenvalue weighted by Gasteiger charge is 2.30. The van der Waals surface area contributed by atoms with E-state index in [4.69, 9.17) is 0 Å². The van der Waals surface area contributed by atoms with E-state index in [1.165, 1.54) is 22.1 Å². The second-order valence-corrected chi connectivity index (χ2v) is 8.45. The van der Waals surface area contributed by atoms with E-state index in [-0.39, 0.29) is 29.3 Å². The van der Waals surface area contributed by atoms with Crippen LogP contribution >= 0.6 is 11.3 Å². The number of nitrogens with zero attached hydrogens (tertiary/aromatic N) is 4. The molecule has 1 unspecified atom stereocenters. The molecule has 0 spiro atoms. The molecule has 1 aliphatic heterocycles. The van der Waals surface area contributed by atoms with Crippen molar-refractivity contribution in [3.63, 3.8) is 0 Å². The number of aliphatic hydroxyl groups is 1. The fourth-order valence-electron chi connectivity index (χ4n) is 3.58. The van der Waals surface area contributed by atoms with Gasteiger partial charge in [0.2, 0.25) is 11.3 Å². The van der Waals surface area contributed by atoms with E-state index < -0.39 is 17.5 Å². The van der Waals surface area contributed by atoms with Crippen LogP contribution in [0.3, 0.4) is 0 Å². The summed E-state index contributed by atoms with van der Waals surface area (Å²) in [7, 11) is 0. The van der Waals surface area contributed by atoms with Crippen LogP contribution in [0.15, 0.2) is 28.6 Å². The molecule has 1 aliphatic rings. The van der Waals surface area contributed by atoms with Crippen molar-refractivity contribution < 1.29 is 19.8 Å². The number of hydrogen-bond donors (Lipinski definition) is 3. The number of fused-ring (bicyclic) bond motifs is 1. The number of aliphatic hydroxyl groups excluding tert-OH is 1. The average Bonchev–Trinajstić information content (AvgIpc) is 3.17.